The van der Waals surface area contributed by atoms with Crippen LogP contribution in [0.2, 0.25) is 0 Å². The molecule has 2 atom stereocenters. The zero-order chi connectivity index (χ0) is 29.1. The number of aliphatic hydroxyl groups is 1. The van der Waals surface area contributed by atoms with Crippen LogP contribution >= 0.6 is 0 Å². The number of rotatable bonds is 10. The topological polar surface area (TPSA) is 98.2 Å². The Morgan fingerprint density at radius 1 is 1.07 bits per heavy atom. The Morgan fingerprint density at radius 2 is 1.85 bits per heavy atom. The number of carbonyl (C=O) groups excluding carboxylic acids is 2. The lowest BCUT2D eigenvalue weighted by atomic mass is 9.94. The smallest absolute Gasteiger partial charge is 0.295 e. The Morgan fingerprint density at radius 3 is 2.59 bits per heavy atom. The van der Waals surface area contributed by atoms with Crippen LogP contribution in [0.1, 0.15) is 62.4 Å². The van der Waals surface area contributed by atoms with Crippen molar-refractivity contribution in [3.63, 3.8) is 0 Å². The first-order valence-corrected chi connectivity index (χ1v) is 14.1. The van der Waals surface area contributed by atoms with Crippen LogP contribution in [0.4, 0.5) is 0 Å². The molecule has 1 N–H and O–H groups in total. The third-order valence-corrected chi connectivity index (χ3v) is 7.35. The zero-order valence-corrected chi connectivity index (χ0v) is 23.9. The standard InChI is InChI=1S/C33H36N2O6/c1-5-39-28-18-23(6-9-27(28)40-15-12-20(2)3)30-29(31(36)24-7-8-26-25(17-24)16-21(4)41-26)32(37)33(38)35(30)19-22-10-13-34-14-11-22/h6-11,13-14,17-18,20-21,30,36H,5,12,15-16,19H2,1-4H3/b31-29+/t21-,30+/m1/s1. The summed E-state index contributed by atoms with van der Waals surface area (Å²) in [7, 11) is 0. The number of aromatic nitrogens is 1. The van der Waals surface area contributed by atoms with Crippen molar-refractivity contribution >= 4 is 17.4 Å². The summed E-state index contributed by atoms with van der Waals surface area (Å²) < 4.78 is 17.8. The highest BCUT2D eigenvalue weighted by molar-refractivity contribution is 6.46. The Kier molecular flexibility index (Phi) is 8.28. The molecule has 1 amide bonds. The molecular weight excluding hydrogens is 520 g/mol. The van der Waals surface area contributed by atoms with Gasteiger partial charge in [0.15, 0.2) is 11.5 Å². The number of nitrogens with zero attached hydrogens (tertiary/aromatic N) is 2. The van der Waals surface area contributed by atoms with Gasteiger partial charge in [-0.25, -0.2) is 0 Å². The highest BCUT2D eigenvalue weighted by Crippen LogP contribution is 2.43. The summed E-state index contributed by atoms with van der Waals surface area (Å²) in [4.78, 5) is 32.6. The number of amides is 1. The molecule has 0 aliphatic carbocycles. The number of hydrogen-bond donors (Lipinski definition) is 1. The minimum absolute atomic E-state index is 0.0339. The van der Waals surface area contributed by atoms with Gasteiger partial charge in [0, 0.05) is 30.9 Å². The summed E-state index contributed by atoms with van der Waals surface area (Å²) in [6, 6.07) is 13.6. The van der Waals surface area contributed by atoms with Crippen LogP contribution in [-0.2, 0) is 22.6 Å². The number of likely N-dealkylation sites (tertiary alicyclic amines) is 1. The molecule has 214 valence electrons. The van der Waals surface area contributed by atoms with Gasteiger partial charge in [0.25, 0.3) is 11.7 Å². The summed E-state index contributed by atoms with van der Waals surface area (Å²) >= 11 is 0. The monoisotopic (exact) mass is 556 g/mol. The van der Waals surface area contributed by atoms with Gasteiger partial charge in [0.05, 0.1) is 24.8 Å². The van der Waals surface area contributed by atoms with E-state index < -0.39 is 17.7 Å². The van der Waals surface area contributed by atoms with E-state index >= 15 is 0 Å². The van der Waals surface area contributed by atoms with E-state index in [-0.39, 0.29) is 24.0 Å². The third-order valence-electron chi connectivity index (χ3n) is 7.35. The fourth-order valence-electron chi connectivity index (χ4n) is 5.29. The summed E-state index contributed by atoms with van der Waals surface area (Å²) in [6.45, 7) is 9.26. The molecule has 0 unspecified atom stereocenters. The molecule has 41 heavy (non-hydrogen) atoms. The van der Waals surface area contributed by atoms with E-state index in [2.05, 4.69) is 18.8 Å². The average molecular weight is 557 g/mol. The van der Waals surface area contributed by atoms with Crippen LogP contribution in [0.5, 0.6) is 17.2 Å². The molecule has 0 radical (unpaired) electrons. The predicted molar refractivity (Wildman–Crippen MR) is 155 cm³/mol. The number of ether oxygens (including phenoxy) is 3. The highest BCUT2D eigenvalue weighted by Gasteiger charge is 2.46. The van der Waals surface area contributed by atoms with Crippen LogP contribution in [0.15, 0.2) is 66.5 Å². The molecule has 3 heterocycles. The molecule has 8 nitrogen and oxygen atoms in total. The van der Waals surface area contributed by atoms with Gasteiger partial charge in [-0.2, -0.15) is 0 Å². The van der Waals surface area contributed by atoms with Crippen molar-refractivity contribution in [2.75, 3.05) is 13.2 Å². The van der Waals surface area contributed by atoms with Crippen molar-refractivity contribution in [2.24, 2.45) is 5.92 Å². The third kappa shape index (κ3) is 5.92. The van der Waals surface area contributed by atoms with E-state index in [0.717, 1.165) is 23.3 Å². The molecular formula is C33H36N2O6. The minimum atomic E-state index is -0.837. The maximum absolute atomic E-state index is 13.6. The Balaban J connectivity index is 1.60. The van der Waals surface area contributed by atoms with E-state index in [0.29, 0.717) is 48.2 Å². The molecule has 5 rings (SSSR count). The van der Waals surface area contributed by atoms with Gasteiger partial charge in [0.1, 0.15) is 17.6 Å². The van der Waals surface area contributed by atoms with E-state index in [1.165, 1.54) is 4.90 Å². The number of Topliss-reactive ketones (excluding diaryl/α,β-unsaturated/α-hetero) is 1. The zero-order valence-electron chi connectivity index (χ0n) is 23.9. The number of benzene rings is 2. The molecule has 3 aromatic rings. The van der Waals surface area contributed by atoms with Crippen molar-refractivity contribution in [2.45, 2.75) is 59.2 Å². The van der Waals surface area contributed by atoms with Crippen molar-refractivity contribution < 1.29 is 28.9 Å². The summed E-state index contributed by atoms with van der Waals surface area (Å²) in [5.41, 5.74) is 2.90. The van der Waals surface area contributed by atoms with E-state index in [1.807, 2.05) is 26.0 Å². The maximum Gasteiger partial charge on any atom is 0.295 e. The largest absolute Gasteiger partial charge is 0.507 e. The lowest BCUT2D eigenvalue weighted by molar-refractivity contribution is -0.140. The van der Waals surface area contributed by atoms with Crippen molar-refractivity contribution in [1.29, 1.82) is 0 Å². The van der Waals surface area contributed by atoms with Crippen molar-refractivity contribution in [3.8, 4) is 17.2 Å². The summed E-state index contributed by atoms with van der Waals surface area (Å²) in [5.74, 6) is 0.735. The van der Waals surface area contributed by atoms with Gasteiger partial charge in [-0.1, -0.05) is 19.9 Å². The Labute approximate surface area is 240 Å². The second-order valence-corrected chi connectivity index (χ2v) is 10.9. The highest BCUT2D eigenvalue weighted by atomic mass is 16.5. The quantitative estimate of drug-likeness (QED) is 0.190. The fourth-order valence-corrected chi connectivity index (χ4v) is 5.29. The van der Waals surface area contributed by atoms with Crippen LogP contribution < -0.4 is 14.2 Å². The normalized spacial score (nSPS) is 19.4. The van der Waals surface area contributed by atoms with Gasteiger partial charge < -0.3 is 24.2 Å². The molecule has 1 aromatic heterocycles. The first-order chi connectivity index (χ1) is 19.8. The fraction of sp³-hybridized carbons (Fsp3) is 0.364. The lowest BCUT2D eigenvalue weighted by Crippen LogP contribution is -2.29. The first-order valence-electron chi connectivity index (χ1n) is 14.1. The van der Waals surface area contributed by atoms with Gasteiger partial charge in [-0.15, -0.1) is 0 Å². The van der Waals surface area contributed by atoms with Crippen LogP contribution in [0.3, 0.4) is 0 Å². The second-order valence-electron chi connectivity index (χ2n) is 10.9. The molecule has 1 fully saturated rings. The van der Waals surface area contributed by atoms with E-state index in [9.17, 15) is 14.7 Å². The number of carbonyl (C=O) groups is 2. The molecule has 0 spiro atoms. The molecule has 2 aliphatic heterocycles. The molecule has 2 aliphatic rings. The maximum atomic E-state index is 13.6. The number of hydrogen-bond acceptors (Lipinski definition) is 7. The molecule has 0 saturated carbocycles. The number of aliphatic hydroxyl groups excluding tert-OH is 1. The van der Waals surface area contributed by atoms with E-state index in [1.54, 1.807) is 48.8 Å². The minimum Gasteiger partial charge on any atom is -0.507 e. The van der Waals surface area contributed by atoms with Crippen LogP contribution in [0.25, 0.3) is 5.76 Å². The number of pyridine rings is 1. The second kappa shape index (κ2) is 12.0. The number of fused-ring (bicyclic) bond motifs is 1. The molecule has 0 bridgehead atoms. The Hall–Kier alpha value is -4.33. The molecule has 8 heteroatoms. The average Bonchev–Trinajstić information content (AvgIpc) is 3.45. The van der Waals surface area contributed by atoms with Gasteiger partial charge >= 0.3 is 0 Å². The molecule has 1 saturated heterocycles. The van der Waals surface area contributed by atoms with Crippen LogP contribution in [0, 0.1) is 5.92 Å². The van der Waals surface area contributed by atoms with Gasteiger partial charge in [0.2, 0.25) is 0 Å². The van der Waals surface area contributed by atoms with Gasteiger partial charge in [-0.3, -0.25) is 14.6 Å². The molecule has 2 aromatic carbocycles. The summed E-state index contributed by atoms with van der Waals surface area (Å²) in [5, 5.41) is 11.6. The van der Waals surface area contributed by atoms with Crippen LogP contribution in [-0.4, -0.2) is 46.0 Å². The SMILES string of the molecule is CCOc1cc([C@H]2/C(=C(\O)c3ccc4c(c3)C[C@@H](C)O4)C(=O)C(=O)N2Cc2ccncc2)ccc1OCCC(C)C. The Bertz CT molecular complexity index is 1470. The first kappa shape index (κ1) is 28.2. The summed E-state index contributed by atoms with van der Waals surface area (Å²) in [6.07, 6.45) is 4.92. The lowest BCUT2D eigenvalue weighted by Gasteiger charge is -2.26. The number of ketones is 1. The van der Waals surface area contributed by atoms with E-state index in [4.69, 9.17) is 14.2 Å². The van der Waals surface area contributed by atoms with Crippen molar-refractivity contribution in [1.82, 2.24) is 9.88 Å². The predicted octanol–water partition coefficient (Wildman–Crippen LogP) is 5.85. The van der Waals surface area contributed by atoms with Gasteiger partial charge in [-0.05, 0) is 85.3 Å². The van der Waals surface area contributed by atoms with Crippen molar-refractivity contribution in [3.05, 3.63) is 88.8 Å².